The zero-order chi connectivity index (χ0) is 19.7. The lowest BCUT2D eigenvalue weighted by atomic mass is 9.65. The van der Waals surface area contributed by atoms with Gasteiger partial charge in [0.25, 0.3) is 0 Å². The van der Waals surface area contributed by atoms with E-state index < -0.39 is 6.11 Å². The van der Waals surface area contributed by atoms with Crippen LogP contribution in [0.1, 0.15) is 97.3 Å². The second-order valence-corrected chi connectivity index (χ2v) is 10.7. The van der Waals surface area contributed by atoms with Gasteiger partial charge in [0.2, 0.25) is 0 Å². The summed E-state index contributed by atoms with van der Waals surface area (Å²) in [6.07, 6.45) is 15.3. The van der Waals surface area contributed by atoms with Crippen LogP contribution in [0.3, 0.4) is 0 Å². The molecule has 0 N–H and O–H groups in total. The molecule has 28 heavy (non-hydrogen) atoms. The molecule has 4 aliphatic rings. The summed E-state index contributed by atoms with van der Waals surface area (Å²) in [4.78, 5) is 0. The Balaban J connectivity index is 1.21. The van der Waals surface area contributed by atoms with E-state index in [0.717, 1.165) is 42.4 Å². The molecule has 0 aromatic rings. The number of hydrogen-bond acceptors (Lipinski definition) is 1. The van der Waals surface area contributed by atoms with Crippen LogP contribution in [0.15, 0.2) is 11.6 Å². The lowest BCUT2D eigenvalue weighted by molar-refractivity contribution is -0.253. The van der Waals surface area contributed by atoms with E-state index in [-0.39, 0.29) is 11.7 Å². The maximum Gasteiger partial charge on any atom is 0.379 e. The van der Waals surface area contributed by atoms with Crippen molar-refractivity contribution in [2.45, 2.75) is 110 Å². The average molecular weight is 395 g/mol. The molecule has 0 aromatic heterocycles. The van der Waals surface area contributed by atoms with Crippen LogP contribution in [-0.4, -0.2) is 12.2 Å². The molecule has 0 spiro atoms. The third-order valence-electron chi connectivity index (χ3n) is 8.97. The van der Waals surface area contributed by atoms with Gasteiger partial charge in [0.15, 0.2) is 0 Å². The second kappa shape index (κ2) is 8.74. The summed E-state index contributed by atoms with van der Waals surface area (Å²) in [6, 6.07) is 0. The van der Waals surface area contributed by atoms with Crippen molar-refractivity contribution in [3.63, 3.8) is 0 Å². The van der Waals surface area contributed by atoms with Crippen LogP contribution >= 0.6 is 0 Å². The van der Waals surface area contributed by atoms with Crippen molar-refractivity contribution in [3.8, 4) is 0 Å². The number of halogens is 2. The van der Waals surface area contributed by atoms with E-state index >= 15 is 0 Å². The number of alkyl halides is 2. The van der Waals surface area contributed by atoms with Crippen LogP contribution in [0.5, 0.6) is 0 Å². The fourth-order valence-corrected chi connectivity index (χ4v) is 6.86. The molecule has 0 bridgehead atoms. The van der Waals surface area contributed by atoms with E-state index in [1.165, 1.54) is 71.1 Å². The minimum Gasteiger partial charge on any atom is -0.313 e. The topological polar surface area (TPSA) is 9.23 Å². The first kappa shape index (κ1) is 20.8. The van der Waals surface area contributed by atoms with E-state index in [0.29, 0.717) is 12.3 Å². The molecular formula is C25H40F2O. The summed E-state index contributed by atoms with van der Waals surface area (Å²) in [7, 11) is 0. The molecule has 3 aliphatic carbocycles. The highest BCUT2D eigenvalue weighted by Crippen LogP contribution is 2.47. The van der Waals surface area contributed by atoms with Gasteiger partial charge in [0.1, 0.15) is 0 Å². The zero-order valence-corrected chi connectivity index (χ0v) is 18.0. The summed E-state index contributed by atoms with van der Waals surface area (Å²) < 4.78 is 33.0. The Morgan fingerprint density at radius 1 is 0.714 bits per heavy atom. The zero-order valence-electron chi connectivity index (χ0n) is 18.0. The Morgan fingerprint density at radius 2 is 1.11 bits per heavy atom. The third kappa shape index (κ3) is 4.65. The maximum absolute atomic E-state index is 13.9. The molecular weight excluding hydrogens is 354 g/mol. The van der Waals surface area contributed by atoms with Gasteiger partial charge in [0, 0.05) is 5.57 Å². The SMILES string of the molecule is CC1=CCC(C2CCC(C3CCC(C4CCC(C)CC4)CC3)CC2)OC1(F)F. The molecule has 1 atom stereocenters. The van der Waals surface area contributed by atoms with Crippen molar-refractivity contribution < 1.29 is 13.5 Å². The summed E-state index contributed by atoms with van der Waals surface area (Å²) in [5.74, 6) is 5.02. The molecule has 1 heterocycles. The molecule has 1 nitrogen and oxygen atoms in total. The monoisotopic (exact) mass is 394 g/mol. The molecule has 0 saturated heterocycles. The number of ether oxygens (including phenoxy) is 1. The standard InChI is InChI=1S/C25H40F2O/c1-17-3-6-19(7-4-17)20-8-10-21(11-9-20)22-12-14-23(15-13-22)24-16-5-18(2)25(26,27)28-24/h5,17,19-24H,3-4,6-16H2,1-2H3. The molecule has 0 radical (unpaired) electrons. The van der Waals surface area contributed by atoms with Gasteiger partial charge in [-0.05, 0) is 113 Å². The number of hydrogen-bond donors (Lipinski definition) is 0. The molecule has 3 saturated carbocycles. The normalized spacial score (nSPS) is 44.7. The van der Waals surface area contributed by atoms with E-state index in [2.05, 4.69) is 6.92 Å². The van der Waals surface area contributed by atoms with Gasteiger partial charge in [-0.1, -0.05) is 25.8 Å². The molecule has 1 unspecified atom stereocenters. The molecule has 160 valence electrons. The van der Waals surface area contributed by atoms with E-state index in [1.807, 2.05) is 0 Å². The molecule has 3 heteroatoms. The van der Waals surface area contributed by atoms with Crippen molar-refractivity contribution in [1.29, 1.82) is 0 Å². The van der Waals surface area contributed by atoms with Crippen molar-refractivity contribution in [3.05, 3.63) is 11.6 Å². The molecule has 1 aliphatic heterocycles. The minimum atomic E-state index is -3.05. The van der Waals surface area contributed by atoms with Gasteiger partial charge < -0.3 is 4.74 Å². The van der Waals surface area contributed by atoms with Crippen molar-refractivity contribution in [1.82, 2.24) is 0 Å². The van der Waals surface area contributed by atoms with Crippen LogP contribution < -0.4 is 0 Å². The first-order valence-corrected chi connectivity index (χ1v) is 12.1. The van der Waals surface area contributed by atoms with Crippen molar-refractivity contribution in [2.24, 2.45) is 35.5 Å². The predicted molar refractivity (Wildman–Crippen MR) is 110 cm³/mol. The lowest BCUT2D eigenvalue weighted by Gasteiger charge is -2.42. The highest BCUT2D eigenvalue weighted by Gasteiger charge is 2.42. The maximum atomic E-state index is 13.9. The van der Waals surface area contributed by atoms with Crippen molar-refractivity contribution in [2.75, 3.05) is 0 Å². The quantitative estimate of drug-likeness (QED) is 0.445. The van der Waals surface area contributed by atoms with Gasteiger partial charge in [-0.15, -0.1) is 0 Å². The highest BCUT2D eigenvalue weighted by molar-refractivity contribution is 5.10. The summed E-state index contributed by atoms with van der Waals surface area (Å²) in [5.41, 5.74) is 0.0848. The summed E-state index contributed by atoms with van der Waals surface area (Å²) in [6.45, 7) is 3.90. The lowest BCUT2D eigenvalue weighted by Crippen LogP contribution is -2.39. The smallest absolute Gasteiger partial charge is 0.313 e. The summed E-state index contributed by atoms with van der Waals surface area (Å²) in [5, 5.41) is 0. The first-order chi connectivity index (χ1) is 13.4. The molecule has 0 aromatic carbocycles. The molecule has 0 amide bonds. The fraction of sp³-hybridized carbons (Fsp3) is 0.920. The molecule has 3 fully saturated rings. The Labute approximate surface area is 170 Å². The van der Waals surface area contributed by atoms with Gasteiger partial charge in [-0.2, -0.15) is 8.78 Å². The fourth-order valence-electron chi connectivity index (χ4n) is 6.86. The van der Waals surface area contributed by atoms with Crippen LogP contribution in [0, 0.1) is 35.5 Å². The van der Waals surface area contributed by atoms with Crippen LogP contribution in [-0.2, 0) is 4.74 Å². The van der Waals surface area contributed by atoms with Gasteiger partial charge in [-0.3, -0.25) is 0 Å². The van der Waals surface area contributed by atoms with Crippen molar-refractivity contribution >= 4 is 0 Å². The van der Waals surface area contributed by atoms with E-state index in [4.69, 9.17) is 4.74 Å². The van der Waals surface area contributed by atoms with Gasteiger partial charge in [-0.25, -0.2) is 0 Å². The van der Waals surface area contributed by atoms with Crippen LogP contribution in [0.25, 0.3) is 0 Å². The summed E-state index contributed by atoms with van der Waals surface area (Å²) >= 11 is 0. The molecule has 4 rings (SSSR count). The highest BCUT2D eigenvalue weighted by atomic mass is 19.3. The predicted octanol–water partition coefficient (Wildman–Crippen LogP) is 7.75. The van der Waals surface area contributed by atoms with E-state index in [1.54, 1.807) is 6.08 Å². The Hall–Kier alpha value is -0.440. The Kier molecular flexibility index (Phi) is 6.50. The largest absolute Gasteiger partial charge is 0.379 e. The Bertz CT molecular complexity index is 533. The van der Waals surface area contributed by atoms with E-state index in [9.17, 15) is 8.78 Å². The Morgan fingerprint density at radius 3 is 1.54 bits per heavy atom. The number of rotatable bonds is 3. The van der Waals surface area contributed by atoms with Crippen LogP contribution in [0.4, 0.5) is 8.78 Å². The van der Waals surface area contributed by atoms with Crippen LogP contribution in [0.2, 0.25) is 0 Å². The second-order valence-electron chi connectivity index (χ2n) is 10.7. The van der Waals surface area contributed by atoms with Gasteiger partial charge >= 0.3 is 6.11 Å². The van der Waals surface area contributed by atoms with Gasteiger partial charge in [0.05, 0.1) is 6.10 Å². The average Bonchev–Trinajstić information content (AvgIpc) is 2.71. The minimum absolute atomic E-state index is 0.0848. The first-order valence-electron chi connectivity index (χ1n) is 12.1. The third-order valence-corrected chi connectivity index (χ3v) is 8.97.